The number of hydrogen-bond donors (Lipinski definition) is 3. The summed E-state index contributed by atoms with van der Waals surface area (Å²) >= 11 is 0. The van der Waals surface area contributed by atoms with Crippen LogP contribution in [-0.2, 0) is 4.79 Å². The fourth-order valence-electron chi connectivity index (χ4n) is 4.26. The van der Waals surface area contributed by atoms with Crippen LogP contribution in [0.4, 0.5) is 0 Å². The molecule has 1 amide bonds. The minimum atomic E-state index is -0.356. The van der Waals surface area contributed by atoms with Gasteiger partial charge in [0.1, 0.15) is 0 Å². The standard InChI is InChI=1S/C16H28N2O2/c19-15-9-3-1-2-8-13(15)18-16(20)14-10-11-6-4-5-7-12(11)17-14/h11-15,17,19H,1-10H2,(H,18,20). The van der Waals surface area contributed by atoms with Crippen LogP contribution in [0, 0.1) is 5.92 Å². The van der Waals surface area contributed by atoms with E-state index >= 15 is 0 Å². The number of carbonyl (C=O) groups excluding carboxylic acids is 1. The Balaban J connectivity index is 1.53. The van der Waals surface area contributed by atoms with Gasteiger partial charge >= 0.3 is 0 Å². The van der Waals surface area contributed by atoms with E-state index in [0.717, 1.165) is 32.1 Å². The van der Waals surface area contributed by atoms with Gasteiger partial charge in [0.25, 0.3) is 0 Å². The third-order valence-corrected chi connectivity index (χ3v) is 5.49. The molecule has 0 aromatic heterocycles. The Morgan fingerprint density at radius 2 is 1.75 bits per heavy atom. The van der Waals surface area contributed by atoms with Gasteiger partial charge in [0.15, 0.2) is 0 Å². The first kappa shape index (κ1) is 14.3. The number of fused-ring (bicyclic) bond motifs is 1. The van der Waals surface area contributed by atoms with Crippen LogP contribution in [0.5, 0.6) is 0 Å². The van der Waals surface area contributed by atoms with E-state index in [-0.39, 0.29) is 24.1 Å². The second-order valence-corrected chi connectivity index (χ2v) is 6.93. The lowest BCUT2D eigenvalue weighted by Crippen LogP contribution is -2.50. The normalized spacial score (nSPS) is 41.8. The molecule has 3 aliphatic rings. The van der Waals surface area contributed by atoms with Crippen molar-refractivity contribution in [3.63, 3.8) is 0 Å². The Hall–Kier alpha value is -0.610. The van der Waals surface area contributed by atoms with E-state index in [1.807, 2.05) is 0 Å². The van der Waals surface area contributed by atoms with Crippen molar-refractivity contribution in [2.24, 2.45) is 5.92 Å². The molecular formula is C16H28N2O2. The molecule has 20 heavy (non-hydrogen) atoms. The number of carbonyl (C=O) groups is 1. The SMILES string of the molecule is O=C(NC1CCCCCC1O)C1CC2CCCCC2N1. The van der Waals surface area contributed by atoms with Gasteiger partial charge in [-0.05, 0) is 38.0 Å². The zero-order valence-electron chi connectivity index (χ0n) is 12.3. The lowest BCUT2D eigenvalue weighted by molar-refractivity contribution is -0.124. The molecule has 5 unspecified atom stereocenters. The van der Waals surface area contributed by atoms with E-state index in [0.29, 0.717) is 12.0 Å². The lowest BCUT2D eigenvalue weighted by atomic mass is 9.85. The zero-order valence-corrected chi connectivity index (χ0v) is 12.3. The van der Waals surface area contributed by atoms with Gasteiger partial charge in [0.2, 0.25) is 5.91 Å². The maximum Gasteiger partial charge on any atom is 0.237 e. The van der Waals surface area contributed by atoms with Gasteiger partial charge in [-0.15, -0.1) is 0 Å². The summed E-state index contributed by atoms with van der Waals surface area (Å²) in [4.78, 5) is 12.4. The molecule has 0 spiro atoms. The Labute approximate surface area is 121 Å². The van der Waals surface area contributed by atoms with Crippen LogP contribution >= 0.6 is 0 Å². The topological polar surface area (TPSA) is 61.4 Å². The maximum absolute atomic E-state index is 12.4. The summed E-state index contributed by atoms with van der Waals surface area (Å²) in [5.41, 5.74) is 0. The van der Waals surface area contributed by atoms with Gasteiger partial charge in [-0.25, -0.2) is 0 Å². The highest BCUT2D eigenvalue weighted by atomic mass is 16.3. The highest BCUT2D eigenvalue weighted by Crippen LogP contribution is 2.33. The molecule has 1 saturated heterocycles. The number of aliphatic hydroxyl groups is 1. The Morgan fingerprint density at radius 3 is 2.60 bits per heavy atom. The maximum atomic E-state index is 12.4. The molecule has 3 rings (SSSR count). The van der Waals surface area contributed by atoms with Crippen LogP contribution in [0.2, 0.25) is 0 Å². The third kappa shape index (κ3) is 3.17. The van der Waals surface area contributed by atoms with E-state index < -0.39 is 0 Å². The second-order valence-electron chi connectivity index (χ2n) is 6.93. The highest BCUT2D eigenvalue weighted by molar-refractivity contribution is 5.82. The van der Waals surface area contributed by atoms with E-state index in [1.54, 1.807) is 0 Å². The van der Waals surface area contributed by atoms with Gasteiger partial charge in [0.05, 0.1) is 18.2 Å². The fourth-order valence-corrected chi connectivity index (χ4v) is 4.26. The van der Waals surface area contributed by atoms with Crippen molar-refractivity contribution < 1.29 is 9.90 Å². The van der Waals surface area contributed by atoms with Gasteiger partial charge in [-0.3, -0.25) is 4.79 Å². The first-order valence-electron chi connectivity index (χ1n) is 8.48. The third-order valence-electron chi connectivity index (χ3n) is 5.49. The molecular weight excluding hydrogens is 252 g/mol. The summed E-state index contributed by atoms with van der Waals surface area (Å²) < 4.78 is 0. The van der Waals surface area contributed by atoms with Gasteiger partial charge in [-0.2, -0.15) is 0 Å². The minimum absolute atomic E-state index is 0.0291. The van der Waals surface area contributed by atoms with Gasteiger partial charge < -0.3 is 15.7 Å². The molecule has 4 nitrogen and oxygen atoms in total. The van der Waals surface area contributed by atoms with E-state index in [2.05, 4.69) is 10.6 Å². The monoisotopic (exact) mass is 280 g/mol. The largest absolute Gasteiger partial charge is 0.391 e. The summed E-state index contributed by atoms with van der Waals surface area (Å²) in [7, 11) is 0. The molecule has 0 aromatic rings. The Kier molecular flexibility index (Phi) is 4.61. The van der Waals surface area contributed by atoms with Gasteiger partial charge in [-0.1, -0.05) is 32.1 Å². The second kappa shape index (κ2) is 6.44. The zero-order chi connectivity index (χ0) is 13.9. The molecule has 0 radical (unpaired) electrons. The summed E-state index contributed by atoms with van der Waals surface area (Å²) in [6, 6.07) is 0.492. The smallest absolute Gasteiger partial charge is 0.237 e. The van der Waals surface area contributed by atoms with Gasteiger partial charge in [0, 0.05) is 6.04 Å². The lowest BCUT2D eigenvalue weighted by Gasteiger charge is -2.24. The van der Waals surface area contributed by atoms with Crippen LogP contribution in [0.15, 0.2) is 0 Å². The minimum Gasteiger partial charge on any atom is -0.391 e. The average Bonchev–Trinajstić information content (AvgIpc) is 2.79. The molecule has 2 saturated carbocycles. The fraction of sp³-hybridized carbons (Fsp3) is 0.938. The Morgan fingerprint density at radius 1 is 1.00 bits per heavy atom. The van der Waals surface area contributed by atoms with Crippen molar-refractivity contribution in [1.29, 1.82) is 0 Å². The molecule has 4 heteroatoms. The summed E-state index contributed by atoms with van der Waals surface area (Å²) in [5, 5.41) is 16.7. The van der Waals surface area contributed by atoms with Crippen LogP contribution in [-0.4, -0.2) is 35.2 Å². The molecule has 0 bridgehead atoms. The molecule has 1 aliphatic heterocycles. The quantitative estimate of drug-likeness (QED) is 0.675. The number of amides is 1. The summed E-state index contributed by atoms with van der Waals surface area (Å²) in [5.74, 6) is 0.809. The molecule has 3 N–H and O–H groups in total. The molecule has 5 atom stereocenters. The van der Waals surface area contributed by atoms with Crippen LogP contribution in [0.25, 0.3) is 0 Å². The van der Waals surface area contributed by atoms with Crippen LogP contribution in [0.1, 0.15) is 64.2 Å². The van der Waals surface area contributed by atoms with Crippen molar-refractivity contribution in [3.8, 4) is 0 Å². The first-order valence-corrected chi connectivity index (χ1v) is 8.48. The molecule has 3 fully saturated rings. The number of hydrogen-bond acceptors (Lipinski definition) is 3. The molecule has 1 heterocycles. The highest BCUT2D eigenvalue weighted by Gasteiger charge is 2.39. The van der Waals surface area contributed by atoms with E-state index in [1.165, 1.54) is 32.1 Å². The molecule has 0 aromatic carbocycles. The van der Waals surface area contributed by atoms with Crippen LogP contribution < -0.4 is 10.6 Å². The first-order chi connectivity index (χ1) is 9.74. The number of rotatable bonds is 2. The predicted molar refractivity (Wildman–Crippen MR) is 78.3 cm³/mol. The van der Waals surface area contributed by atoms with Crippen molar-refractivity contribution in [2.45, 2.75) is 88.4 Å². The van der Waals surface area contributed by atoms with Crippen molar-refractivity contribution >= 4 is 5.91 Å². The average molecular weight is 280 g/mol. The summed E-state index contributed by atoms with van der Waals surface area (Å²) in [6.45, 7) is 0. The number of aliphatic hydroxyl groups excluding tert-OH is 1. The van der Waals surface area contributed by atoms with E-state index in [9.17, 15) is 9.90 Å². The summed E-state index contributed by atoms with van der Waals surface area (Å²) in [6.07, 6.45) is 10.9. The Bertz CT molecular complexity index is 333. The molecule has 2 aliphatic carbocycles. The van der Waals surface area contributed by atoms with Crippen LogP contribution in [0.3, 0.4) is 0 Å². The van der Waals surface area contributed by atoms with Crippen molar-refractivity contribution in [1.82, 2.24) is 10.6 Å². The number of nitrogens with one attached hydrogen (secondary N) is 2. The predicted octanol–water partition coefficient (Wildman–Crippen LogP) is 1.72. The molecule has 114 valence electrons. The van der Waals surface area contributed by atoms with Crippen molar-refractivity contribution in [3.05, 3.63) is 0 Å². The van der Waals surface area contributed by atoms with E-state index in [4.69, 9.17) is 0 Å². The van der Waals surface area contributed by atoms with Crippen molar-refractivity contribution in [2.75, 3.05) is 0 Å².